The molecule has 1 heterocycles. The van der Waals surface area contributed by atoms with Crippen molar-refractivity contribution in [3.63, 3.8) is 0 Å². The summed E-state index contributed by atoms with van der Waals surface area (Å²) in [6, 6.07) is 7.61. The molecular weight excluding hydrogens is 285 g/mol. The molecule has 0 amide bonds. The van der Waals surface area contributed by atoms with Crippen LogP contribution < -0.4 is 10.2 Å². The Balaban J connectivity index is 1.64. The minimum absolute atomic E-state index is 0.176. The van der Waals surface area contributed by atoms with Crippen molar-refractivity contribution in [2.24, 2.45) is 0 Å². The summed E-state index contributed by atoms with van der Waals surface area (Å²) < 4.78 is 13.9. The number of thiazole rings is 1. The Bertz CT molecular complexity index is 595. The zero-order chi connectivity index (χ0) is 14.7. The van der Waals surface area contributed by atoms with Gasteiger partial charge in [-0.2, -0.15) is 0 Å². The minimum Gasteiger partial charge on any atom is -0.364 e. The van der Waals surface area contributed by atoms with E-state index in [1.54, 1.807) is 17.4 Å². The van der Waals surface area contributed by atoms with Crippen LogP contribution in [0.1, 0.15) is 30.5 Å². The summed E-state index contributed by atoms with van der Waals surface area (Å²) in [5, 5.41) is 6.66. The molecule has 0 atom stereocenters. The molecule has 2 aromatic rings. The highest BCUT2D eigenvalue weighted by Crippen LogP contribution is 2.22. The van der Waals surface area contributed by atoms with E-state index in [2.05, 4.69) is 15.7 Å². The van der Waals surface area contributed by atoms with Crippen LogP contribution in [0.5, 0.6) is 0 Å². The number of para-hydroxylation sites is 1. The maximum absolute atomic E-state index is 13.9. The molecule has 3 rings (SSSR count). The fourth-order valence-electron chi connectivity index (χ4n) is 2.29. The van der Waals surface area contributed by atoms with Crippen molar-refractivity contribution >= 4 is 17.0 Å². The number of rotatable bonds is 7. The molecule has 5 heteroatoms. The molecule has 1 N–H and O–H groups in total. The number of aromatic nitrogens is 1. The fraction of sp³-hybridized carbons (Fsp3) is 0.438. The topological polar surface area (TPSA) is 28.2 Å². The lowest BCUT2D eigenvalue weighted by molar-refractivity contribution is 0.617. The lowest BCUT2D eigenvalue weighted by atomic mass is 10.2. The summed E-state index contributed by atoms with van der Waals surface area (Å²) in [6.07, 6.45) is 2.57. The SMILES string of the molecule is CCN(Cc1csc(CNC2CC2)n1)c1ccccc1F. The molecule has 0 saturated heterocycles. The summed E-state index contributed by atoms with van der Waals surface area (Å²) in [4.78, 5) is 6.66. The molecule has 112 valence electrons. The molecule has 0 aliphatic heterocycles. The van der Waals surface area contributed by atoms with Gasteiger partial charge in [-0.3, -0.25) is 0 Å². The maximum Gasteiger partial charge on any atom is 0.146 e. The van der Waals surface area contributed by atoms with Gasteiger partial charge in [0.05, 0.1) is 17.9 Å². The van der Waals surface area contributed by atoms with Crippen molar-refractivity contribution in [2.45, 2.75) is 38.9 Å². The van der Waals surface area contributed by atoms with Gasteiger partial charge in [-0.25, -0.2) is 9.37 Å². The molecule has 0 unspecified atom stereocenters. The zero-order valence-corrected chi connectivity index (χ0v) is 13.0. The first-order valence-corrected chi connectivity index (χ1v) is 8.30. The average Bonchev–Trinajstić information content (AvgIpc) is 3.22. The number of benzene rings is 1. The van der Waals surface area contributed by atoms with Crippen molar-refractivity contribution in [3.8, 4) is 0 Å². The van der Waals surface area contributed by atoms with Crippen LogP contribution in [0.4, 0.5) is 10.1 Å². The number of halogens is 1. The van der Waals surface area contributed by atoms with Crippen LogP contribution >= 0.6 is 11.3 Å². The van der Waals surface area contributed by atoms with Crippen LogP contribution in [0.2, 0.25) is 0 Å². The lowest BCUT2D eigenvalue weighted by Gasteiger charge is -2.22. The van der Waals surface area contributed by atoms with E-state index in [1.165, 1.54) is 18.9 Å². The normalized spacial score (nSPS) is 14.4. The van der Waals surface area contributed by atoms with Gasteiger partial charge in [-0.1, -0.05) is 12.1 Å². The molecule has 0 radical (unpaired) electrons. The Hall–Kier alpha value is -1.46. The second-order valence-electron chi connectivity index (χ2n) is 5.35. The number of hydrogen-bond acceptors (Lipinski definition) is 4. The van der Waals surface area contributed by atoms with Crippen LogP contribution in [0, 0.1) is 5.82 Å². The van der Waals surface area contributed by atoms with Crippen molar-refractivity contribution in [1.29, 1.82) is 0 Å². The van der Waals surface area contributed by atoms with Gasteiger partial charge in [0.15, 0.2) is 0 Å². The Morgan fingerprint density at radius 3 is 2.90 bits per heavy atom. The van der Waals surface area contributed by atoms with Crippen LogP contribution in [0.3, 0.4) is 0 Å². The minimum atomic E-state index is -0.176. The molecule has 1 saturated carbocycles. The van der Waals surface area contributed by atoms with E-state index in [1.807, 2.05) is 24.0 Å². The van der Waals surface area contributed by atoms with E-state index in [-0.39, 0.29) is 5.82 Å². The van der Waals surface area contributed by atoms with E-state index in [0.29, 0.717) is 18.3 Å². The van der Waals surface area contributed by atoms with E-state index >= 15 is 0 Å². The molecular formula is C16H20FN3S. The van der Waals surface area contributed by atoms with Crippen LogP contribution in [-0.4, -0.2) is 17.6 Å². The lowest BCUT2D eigenvalue weighted by Crippen LogP contribution is -2.23. The van der Waals surface area contributed by atoms with E-state index in [4.69, 9.17) is 0 Å². The van der Waals surface area contributed by atoms with Crippen molar-refractivity contribution < 1.29 is 4.39 Å². The summed E-state index contributed by atoms with van der Waals surface area (Å²) in [5.74, 6) is -0.176. The number of hydrogen-bond donors (Lipinski definition) is 1. The fourth-order valence-corrected chi connectivity index (χ4v) is 3.03. The molecule has 1 aliphatic carbocycles. The van der Waals surface area contributed by atoms with E-state index in [9.17, 15) is 4.39 Å². The molecule has 1 aromatic carbocycles. The predicted molar refractivity (Wildman–Crippen MR) is 85.1 cm³/mol. The molecule has 1 aliphatic rings. The number of nitrogens with zero attached hydrogens (tertiary/aromatic N) is 2. The smallest absolute Gasteiger partial charge is 0.146 e. The van der Waals surface area contributed by atoms with Crippen molar-refractivity contribution in [1.82, 2.24) is 10.3 Å². The second-order valence-corrected chi connectivity index (χ2v) is 6.30. The quantitative estimate of drug-likeness (QED) is 0.848. The zero-order valence-electron chi connectivity index (χ0n) is 12.2. The van der Waals surface area contributed by atoms with Crippen LogP contribution in [0.25, 0.3) is 0 Å². The Labute approximate surface area is 128 Å². The predicted octanol–water partition coefficient (Wildman–Crippen LogP) is 3.56. The molecule has 21 heavy (non-hydrogen) atoms. The standard InChI is InChI=1S/C16H20FN3S/c1-2-20(15-6-4-3-5-14(15)17)10-13-11-21-16(19-13)9-18-12-7-8-12/h3-6,11-12,18H,2,7-10H2,1H3. The molecule has 3 nitrogen and oxygen atoms in total. The molecule has 1 aromatic heterocycles. The Kier molecular flexibility index (Phi) is 4.51. The van der Waals surface area contributed by atoms with Gasteiger partial charge in [0, 0.05) is 24.5 Å². The van der Waals surface area contributed by atoms with Gasteiger partial charge in [0.25, 0.3) is 0 Å². The highest BCUT2D eigenvalue weighted by molar-refractivity contribution is 7.09. The van der Waals surface area contributed by atoms with E-state index < -0.39 is 0 Å². The highest BCUT2D eigenvalue weighted by Gasteiger charge is 2.20. The largest absolute Gasteiger partial charge is 0.364 e. The first kappa shape index (κ1) is 14.5. The van der Waals surface area contributed by atoms with Gasteiger partial charge in [0.2, 0.25) is 0 Å². The van der Waals surface area contributed by atoms with Crippen LogP contribution in [0.15, 0.2) is 29.6 Å². The number of nitrogens with one attached hydrogen (secondary N) is 1. The first-order valence-electron chi connectivity index (χ1n) is 7.42. The Morgan fingerprint density at radius 2 is 2.19 bits per heavy atom. The monoisotopic (exact) mass is 305 g/mol. The summed E-state index contributed by atoms with van der Waals surface area (Å²) >= 11 is 1.68. The Morgan fingerprint density at radius 1 is 1.38 bits per heavy atom. The van der Waals surface area contributed by atoms with Crippen LogP contribution in [-0.2, 0) is 13.1 Å². The summed E-state index contributed by atoms with van der Waals surface area (Å²) in [5.41, 5.74) is 1.66. The van der Waals surface area contributed by atoms with Gasteiger partial charge in [0.1, 0.15) is 10.8 Å². The molecule has 0 spiro atoms. The second kappa shape index (κ2) is 6.54. The highest BCUT2D eigenvalue weighted by atomic mass is 32.1. The van der Waals surface area contributed by atoms with Gasteiger partial charge < -0.3 is 10.2 Å². The molecule has 1 fully saturated rings. The average molecular weight is 305 g/mol. The van der Waals surface area contributed by atoms with Gasteiger partial charge in [-0.15, -0.1) is 11.3 Å². The van der Waals surface area contributed by atoms with Crippen molar-refractivity contribution in [2.75, 3.05) is 11.4 Å². The third-order valence-corrected chi connectivity index (χ3v) is 4.54. The third kappa shape index (κ3) is 3.80. The van der Waals surface area contributed by atoms with Gasteiger partial charge >= 0.3 is 0 Å². The number of anilines is 1. The molecule has 0 bridgehead atoms. The first-order chi connectivity index (χ1) is 10.3. The van der Waals surface area contributed by atoms with Crippen molar-refractivity contribution in [3.05, 3.63) is 46.2 Å². The maximum atomic E-state index is 13.9. The third-order valence-electron chi connectivity index (χ3n) is 3.65. The van der Waals surface area contributed by atoms with Gasteiger partial charge in [-0.05, 0) is 31.9 Å². The summed E-state index contributed by atoms with van der Waals surface area (Å²) in [7, 11) is 0. The summed E-state index contributed by atoms with van der Waals surface area (Å²) in [6.45, 7) is 4.29. The van der Waals surface area contributed by atoms with E-state index in [0.717, 1.165) is 23.8 Å².